The van der Waals surface area contributed by atoms with Gasteiger partial charge in [-0.15, -0.1) is 0 Å². The molecule has 0 saturated heterocycles. The molecule has 0 aliphatic carbocycles. The topological polar surface area (TPSA) is 50.5 Å². The molecule has 3 N–H and O–H groups in total. The van der Waals surface area contributed by atoms with Gasteiger partial charge in [-0.1, -0.05) is 6.92 Å². The highest BCUT2D eigenvalue weighted by Gasteiger charge is 2.08. The van der Waals surface area contributed by atoms with Gasteiger partial charge in [-0.3, -0.25) is 0 Å². The first-order valence-electron chi connectivity index (χ1n) is 6.22. The third-order valence-corrected chi connectivity index (χ3v) is 2.75. The molecule has 4 nitrogen and oxygen atoms in total. The molecule has 1 aromatic rings. The number of ether oxygens (including phenoxy) is 1. The molecular weight excluding hydrogens is 233 g/mol. The van der Waals surface area contributed by atoms with Crippen molar-refractivity contribution in [3.8, 4) is 5.75 Å². The van der Waals surface area contributed by atoms with Crippen LogP contribution in [0, 0.1) is 5.82 Å². The molecule has 0 heterocycles. The Hall–Kier alpha value is -1.49. The molecule has 0 fully saturated rings. The van der Waals surface area contributed by atoms with Gasteiger partial charge >= 0.3 is 0 Å². The second-order valence-corrected chi connectivity index (χ2v) is 4.13. The molecule has 0 radical (unpaired) electrons. The number of halogens is 1. The summed E-state index contributed by atoms with van der Waals surface area (Å²) in [4.78, 5) is 2.18. The number of likely N-dealkylation sites (N-methyl/N-ethyl adjacent to an activating group) is 1. The number of hydrogen-bond acceptors (Lipinski definition) is 4. The molecular formula is C13H22FN3O. The lowest BCUT2D eigenvalue weighted by Crippen LogP contribution is -2.24. The van der Waals surface area contributed by atoms with Gasteiger partial charge in [-0.05, 0) is 20.5 Å². The maximum absolute atomic E-state index is 13.5. The lowest BCUT2D eigenvalue weighted by molar-refractivity contribution is 0.322. The number of benzene rings is 1. The third kappa shape index (κ3) is 4.07. The van der Waals surface area contributed by atoms with E-state index in [1.54, 1.807) is 6.07 Å². The van der Waals surface area contributed by atoms with E-state index in [2.05, 4.69) is 17.1 Å². The molecule has 0 bridgehead atoms. The first kappa shape index (κ1) is 14.6. The molecule has 1 rings (SSSR count). The average molecular weight is 255 g/mol. The summed E-state index contributed by atoms with van der Waals surface area (Å²) in [5.74, 6) is -0.191. The summed E-state index contributed by atoms with van der Waals surface area (Å²) in [7, 11) is 2.04. The van der Waals surface area contributed by atoms with Gasteiger partial charge in [0.1, 0.15) is 0 Å². The Labute approximate surface area is 108 Å². The molecule has 0 amide bonds. The zero-order valence-corrected chi connectivity index (χ0v) is 11.3. The molecule has 0 saturated carbocycles. The predicted octanol–water partition coefficient (Wildman–Crippen LogP) is 2.17. The van der Waals surface area contributed by atoms with Crippen LogP contribution in [0.4, 0.5) is 15.8 Å². The zero-order chi connectivity index (χ0) is 13.5. The highest BCUT2D eigenvalue weighted by Crippen LogP contribution is 2.28. The molecule has 0 atom stereocenters. The first-order chi connectivity index (χ1) is 8.58. The van der Waals surface area contributed by atoms with E-state index in [0.29, 0.717) is 18.0 Å². The fourth-order valence-corrected chi connectivity index (χ4v) is 1.53. The van der Waals surface area contributed by atoms with Crippen LogP contribution in [-0.2, 0) is 0 Å². The SMILES string of the molecule is CCOc1cc(NCCN(C)CC)c(N)cc1F. The highest BCUT2D eigenvalue weighted by atomic mass is 19.1. The molecule has 18 heavy (non-hydrogen) atoms. The lowest BCUT2D eigenvalue weighted by atomic mass is 10.2. The Kier molecular flexibility index (Phi) is 5.71. The lowest BCUT2D eigenvalue weighted by Gasteiger charge is -2.16. The molecule has 102 valence electrons. The van der Waals surface area contributed by atoms with Crippen molar-refractivity contribution >= 4 is 11.4 Å². The minimum absolute atomic E-state index is 0.234. The summed E-state index contributed by atoms with van der Waals surface area (Å²) < 4.78 is 18.7. The number of anilines is 2. The van der Waals surface area contributed by atoms with Gasteiger partial charge in [0.15, 0.2) is 11.6 Å². The zero-order valence-electron chi connectivity index (χ0n) is 11.3. The molecule has 0 aliphatic heterocycles. The smallest absolute Gasteiger partial charge is 0.167 e. The number of nitrogens with zero attached hydrogens (tertiary/aromatic N) is 1. The second-order valence-electron chi connectivity index (χ2n) is 4.13. The van der Waals surface area contributed by atoms with Crippen LogP contribution >= 0.6 is 0 Å². The number of hydrogen-bond donors (Lipinski definition) is 2. The van der Waals surface area contributed by atoms with Crippen molar-refractivity contribution in [3.63, 3.8) is 0 Å². The Morgan fingerprint density at radius 1 is 1.39 bits per heavy atom. The van der Waals surface area contributed by atoms with Crippen molar-refractivity contribution in [1.82, 2.24) is 4.90 Å². The van der Waals surface area contributed by atoms with Crippen molar-refractivity contribution in [1.29, 1.82) is 0 Å². The third-order valence-electron chi connectivity index (χ3n) is 2.75. The van der Waals surface area contributed by atoms with Gasteiger partial charge in [-0.25, -0.2) is 4.39 Å². The summed E-state index contributed by atoms with van der Waals surface area (Å²) in [6.07, 6.45) is 0. The fourth-order valence-electron chi connectivity index (χ4n) is 1.53. The summed E-state index contributed by atoms with van der Waals surface area (Å²) in [6, 6.07) is 2.90. The average Bonchev–Trinajstić information content (AvgIpc) is 2.34. The number of nitrogen functional groups attached to an aromatic ring is 1. The van der Waals surface area contributed by atoms with Crippen LogP contribution in [0.15, 0.2) is 12.1 Å². The molecule has 0 spiro atoms. The van der Waals surface area contributed by atoms with Crippen LogP contribution in [0.2, 0.25) is 0 Å². The monoisotopic (exact) mass is 255 g/mol. The van der Waals surface area contributed by atoms with E-state index in [1.807, 2.05) is 14.0 Å². The Bertz CT molecular complexity index is 385. The van der Waals surface area contributed by atoms with E-state index in [1.165, 1.54) is 6.07 Å². The predicted molar refractivity (Wildman–Crippen MR) is 73.6 cm³/mol. The van der Waals surface area contributed by atoms with Crippen LogP contribution < -0.4 is 15.8 Å². The van der Waals surface area contributed by atoms with E-state index in [4.69, 9.17) is 10.5 Å². The summed E-state index contributed by atoms with van der Waals surface area (Å²) in [5, 5.41) is 3.19. The van der Waals surface area contributed by atoms with Crippen molar-refractivity contribution < 1.29 is 9.13 Å². The summed E-state index contributed by atoms with van der Waals surface area (Å²) in [6.45, 7) is 6.99. The van der Waals surface area contributed by atoms with E-state index in [-0.39, 0.29) is 5.75 Å². The van der Waals surface area contributed by atoms with Gasteiger partial charge in [0.05, 0.1) is 18.0 Å². The Morgan fingerprint density at radius 2 is 2.11 bits per heavy atom. The van der Waals surface area contributed by atoms with E-state index in [9.17, 15) is 4.39 Å². The normalized spacial score (nSPS) is 10.7. The van der Waals surface area contributed by atoms with Gasteiger partial charge in [0.2, 0.25) is 0 Å². The summed E-state index contributed by atoms with van der Waals surface area (Å²) in [5.41, 5.74) is 6.87. The van der Waals surface area contributed by atoms with E-state index in [0.717, 1.165) is 19.6 Å². The number of rotatable bonds is 7. The highest BCUT2D eigenvalue weighted by molar-refractivity contribution is 5.68. The standard InChI is InChI=1S/C13H22FN3O/c1-4-17(3)7-6-16-12-9-13(18-5-2)10(14)8-11(12)15/h8-9,16H,4-7,15H2,1-3H3. The van der Waals surface area contributed by atoms with E-state index < -0.39 is 5.82 Å². The molecule has 0 aromatic heterocycles. The molecule has 0 unspecified atom stereocenters. The number of nitrogens with two attached hydrogens (primary N) is 1. The molecule has 1 aromatic carbocycles. The van der Waals surface area contributed by atoms with Crippen LogP contribution in [0.1, 0.15) is 13.8 Å². The van der Waals surface area contributed by atoms with Crippen molar-refractivity contribution in [2.45, 2.75) is 13.8 Å². The van der Waals surface area contributed by atoms with Crippen LogP contribution in [0.5, 0.6) is 5.75 Å². The van der Waals surface area contributed by atoms with Crippen molar-refractivity contribution in [2.24, 2.45) is 0 Å². The Balaban J connectivity index is 2.67. The number of nitrogens with one attached hydrogen (secondary N) is 1. The molecule has 0 aliphatic rings. The van der Waals surface area contributed by atoms with Crippen molar-refractivity contribution in [2.75, 3.05) is 44.3 Å². The maximum atomic E-state index is 13.5. The van der Waals surface area contributed by atoms with Gasteiger partial charge < -0.3 is 20.7 Å². The second kappa shape index (κ2) is 7.06. The largest absolute Gasteiger partial charge is 0.491 e. The van der Waals surface area contributed by atoms with Crippen LogP contribution in [0.3, 0.4) is 0 Å². The minimum Gasteiger partial charge on any atom is -0.491 e. The van der Waals surface area contributed by atoms with Crippen LogP contribution in [0.25, 0.3) is 0 Å². The van der Waals surface area contributed by atoms with Gasteiger partial charge in [0, 0.05) is 25.2 Å². The first-order valence-corrected chi connectivity index (χ1v) is 6.22. The Morgan fingerprint density at radius 3 is 2.72 bits per heavy atom. The van der Waals surface area contributed by atoms with E-state index >= 15 is 0 Å². The maximum Gasteiger partial charge on any atom is 0.167 e. The quantitative estimate of drug-likeness (QED) is 0.733. The van der Waals surface area contributed by atoms with Crippen molar-refractivity contribution in [3.05, 3.63) is 17.9 Å². The minimum atomic E-state index is -0.425. The van der Waals surface area contributed by atoms with Crippen LogP contribution in [-0.4, -0.2) is 38.2 Å². The van der Waals surface area contributed by atoms with Gasteiger partial charge in [0.25, 0.3) is 0 Å². The molecule has 5 heteroatoms. The fraction of sp³-hybridized carbons (Fsp3) is 0.538. The summed E-state index contributed by atoms with van der Waals surface area (Å²) >= 11 is 0. The van der Waals surface area contributed by atoms with Gasteiger partial charge in [-0.2, -0.15) is 0 Å².